The fourth-order valence-electron chi connectivity index (χ4n) is 1.90. The zero-order valence-electron chi connectivity index (χ0n) is 11.5. The summed E-state index contributed by atoms with van der Waals surface area (Å²) in [6.45, 7) is 4.03. The van der Waals surface area contributed by atoms with E-state index < -0.39 is 0 Å². The Morgan fingerprint density at radius 1 is 1.24 bits per heavy atom. The second-order valence-electron chi connectivity index (χ2n) is 4.95. The third kappa shape index (κ3) is 2.85. The number of anilines is 1. The SMILES string of the molecule is CC(C)c1nc2ccc(NC(=O)c3ccc(Br)o3)cc2o1. The van der Waals surface area contributed by atoms with Crippen LogP contribution >= 0.6 is 15.9 Å². The van der Waals surface area contributed by atoms with Crippen molar-refractivity contribution in [2.45, 2.75) is 19.8 Å². The average Bonchev–Trinajstić information content (AvgIpc) is 3.04. The summed E-state index contributed by atoms with van der Waals surface area (Å²) in [5, 5.41) is 2.76. The highest BCUT2D eigenvalue weighted by Gasteiger charge is 2.13. The van der Waals surface area contributed by atoms with E-state index in [1.807, 2.05) is 19.9 Å². The van der Waals surface area contributed by atoms with E-state index in [0.29, 0.717) is 21.8 Å². The molecule has 21 heavy (non-hydrogen) atoms. The number of hydrogen-bond donors (Lipinski definition) is 1. The van der Waals surface area contributed by atoms with Gasteiger partial charge >= 0.3 is 0 Å². The summed E-state index contributed by atoms with van der Waals surface area (Å²) >= 11 is 3.16. The van der Waals surface area contributed by atoms with Crippen LogP contribution < -0.4 is 5.32 Å². The number of carbonyl (C=O) groups is 1. The number of oxazole rings is 1. The monoisotopic (exact) mass is 348 g/mol. The highest BCUT2D eigenvalue weighted by Crippen LogP contribution is 2.24. The topological polar surface area (TPSA) is 68.3 Å². The molecule has 1 amide bonds. The lowest BCUT2D eigenvalue weighted by Gasteiger charge is -2.02. The summed E-state index contributed by atoms with van der Waals surface area (Å²) in [5.74, 6) is 0.824. The lowest BCUT2D eigenvalue weighted by Crippen LogP contribution is -2.10. The van der Waals surface area contributed by atoms with Crippen LogP contribution in [0.1, 0.15) is 36.2 Å². The van der Waals surface area contributed by atoms with Crippen LogP contribution in [0, 0.1) is 0 Å². The smallest absolute Gasteiger partial charge is 0.291 e. The molecule has 2 heterocycles. The van der Waals surface area contributed by atoms with Gasteiger partial charge in [-0.15, -0.1) is 0 Å². The summed E-state index contributed by atoms with van der Waals surface area (Å²) in [7, 11) is 0. The standard InChI is InChI=1S/C15H13BrN2O3/c1-8(2)15-18-10-4-3-9(7-12(10)21-15)17-14(19)11-5-6-13(16)20-11/h3-8H,1-2H3,(H,17,19). The number of carbonyl (C=O) groups excluding carboxylic acids is 1. The van der Waals surface area contributed by atoms with E-state index in [2.05, 4.69) is 26.2 Å². The molecule has 0 atom stereocenters. The lowest BCUT2D eigenvalue weighted by molar-refractivity contribution is 0.0995. The van der Waals surface area contributed by atoms with Gasteiger partial charge in [-0.3, -0.25) is 4.79 Å². The number of nitrogens with one attached hydrogen (secondary N) is 1. The molecule has 0 bridgehead atoms. The molecule has 0 aliphatic heterocycles. The molecule has 0 aliphatic carbocycles. The molecular formula is C15H13BrN2O3. The number of furan rings is 1. The van der Waals surface area contributed by atoms with Crippen molar-refractivity contribution in [3.05, 3.63) is 46.7 Å². The highest BCUT2D eigenvalue weighted by atomic mass is 79.9. The van der Waals surface area contributed by atoms with Crippen molar-refractivity contribution in [3.8, 4) is 0 Å². The Morgan fingerprint density at radius 3 is 2.71 bits per heavy atom. The van der Waals surface area contributed by atoms with E-state index in [1.165, 1.54) is 0 Å². The maximum absolute atomic E-state index is 12.0. The van der Waals surface area contributed by atoms with Crippen LogP contribution in [0.4, 0.5) is 5.69 Å². The molecule has 3 aromatic rings. The first-order valence-electron chi connectivity index (χ1n) is 6.50. The van der Waals surface area contributed by atoms with Gasteiger partial charge in [0.1, 0.15) is 5.52 Å². The van der Waals surface area contributed by atoms with Crippen LogP contribution in [-0.4, -0.2) is 10.9 Å². The van der Waals surface area contributed by atoms with E-state index >= 15 is 0 Å². The second kappa shape index (κ2) is 5.37. The summed E-state index contributed by atoms with van der Waals surface area (Å²) < 4.78 is 11.4. The third-order valence-electron chi connectivity index (χ3n) is 2.95. The number of halogens is 1. The van der Waals surface area contributed by atoms with Gasteiger partial charge in [0.05, 0.1) is 0 Å². The molecule has 2 aromatic heterocycles. The molecule has 0 saturated carbocycles. The van der Waals surface area contributed by atoms with Crippen LogP contribution in [0.15, 0.2) is 43.8 Å². The van der Waals surface area contributed by atoms with Gasteiger partial charge in [-0.1, -0.05) is 13.8 Å². The average molecular weight is 349 g/mol. The fourth-order valence-corrected chi connectivity index (χ4v) is 2.20. The first-order chi connectivity index (χ1) is 10.0. The van der Waals surface area contributed by atoms with Crippen molar-refractivity contribution in [1.82, 2.24) is 4.98 Å². The molecule has 1 aromatic carbocycles. The van der Waals surface area contributed by atoms with E-state index in [1.54, 1.807) is 24.3 Å². The van der Waals surface area contributed by atoms with Crippen molar-refractivity contribution in [1.29, 1.82) is 0 Å². The minimum atomic E-state index is -0.316. The van der Waals surface area contributed by atoms with Gasteiger partial charge in [0.15, 0.2) is 21.9 Å². The van der Waals surface area contributed by atoms with Crippen LogP contribution in [-0.2, 0) is 0 Å². The van der Waals surface area contributed by atoms with Crippen molar-refractivity contribution in [2.24, 2.45) is 0 Å². The number of amides is 1. The Hall–Kier alpha value is -2.08. The van der Waals surface area contributed by atoms with E-state index in [-0.39, 0.29) is 17.6 Å². The normalized spacial score (nSPS) is 11.2. The number of nitrogens with zero attached hydrogens (tertiary/aromatic N) is 1. The molecule has 0 aliphatic rings. The minimum Gasteiger partial charge on any atom is -0.444 e. The summed E-state index contributed by atoms with van der Waals surface area (Å²) in [6, 6.07) is 8.63. The van der Waals surface area contributed by atoms with Crippen LogP contribution in [0.2, 0.25) is 0 Å². The van der Waals surface area contributed by atoms with Gasteiger partial charge in [0, 0.05) is 17.7 Å². The predicted molar refractivity (Wildman–Crippen MR) is 82.5 cm³/mol. The Bertz CT molecular complexity index is 804. The van der Waals surface area contributed by atoms with Crippen molar-refractivity contribution < 1.29 is 13.6 Å². The molecular weight excluding hydrogens is 336 g/mol. The van der Waals surface area contributed by atoms with Gasteiger partial charge < -0.3 is 14.2 Å². The Balaban J connectivity index is 1.85. The molecule has 6 heteroatoms. The largest absolute Gasteiger partial charge is 0.444 e. The van der Waals surface area contributed by atoms with Gasteiger partial charge in [-0.05, 0) is 40.2 Å². The first-order valence-corrected chi connectivity index (χ1v) is 7.29. The zero-order chi connectivity index (χ0) is 15.0. The molecule has 0 fully saturated rings. The minimum absolute atomic E-state index is 0.218. The third-order valence-corrected chi connectivity index (χ3v) is 3.38. The molecule has 0 spiro atoms. The maximum atomic E-state index is 12.0. The molecule has 5 nitrogen and oxygen atoms in total. The first kappa shape index (κ1) is 13.9. The number of fused-ring (bicyclic) bond motifs is 1. The van der Waals surface area contributed by atoms with Crippen molar-refractivity contribution in [2.75, 3.05) is 5.32 Å². The molecule has 1 N–H and O–H groups in total. The van der Waals surface area contributed by atoms with Crippen molar-refractivity contribution in [3.63, 3.8) is 0 Å². The van der Waals surface area contributed by atoms with E-state index in [9.17, 15) is 4.79 Å². The summed E-state index contributed by atoms with van der Waals surface area (Å²) in [4.78, 5) is 16.4. The van der Waals surface area contributed by atoms with E-state index in [4.69, 9.17) is 8.83 Å². The van der Waals surface area contributed by atoms with Crippen LogP contribution in [0.25, 0.3) is 11.1 Å². The Labute approximate surface area is 129 Å². The number of hydrogen-bond acceptors (Lipinski definition) is 4. The predicted octanol–water partition coefficient (Wildman–Crippen LogP) is 4.56. The van der Waals surface area contributed by atoms with Gasteiger partial charge in [0.2, 0.25) is 0 Å². The van der Waals surface area contributed by atoms with Crippen LogP contribution in [0.5, 0.6) is 0 Å². The molecule has 0 unspecified atom stereocenters. The van der Waals surface area contributed by atoms with Gasteiger partial charge in [-0.2, -0.15) is 0 Å². The number of aromatic nitrogens is 1. The molecule has 108 valence electrons. The summed E-state index contributed by atoms with van der Waals surface area (Å²) in [5.41, 5.74) is 2.06. The second-order valence-corrected chi connectivity index (χ2v) is 5.73. The zero-order valence-corrected chi connectivity index (χ0v) is 13.1. The van der Waals surface area contributed by atoms with E-state index in [0.717, 1.165) is 5.52 Å². The molecule has 0 saturated heterocycles. The van der Waals surface area contributed by atoms with Crippen molar-refractivity contribution >= 4 is 38.6 Å². The van der Waals surface area contributed by atoms with Gasteiger partial charge in [-0.25, -0.2) is 4.98 Å². The fraction of sp³-hybridized carbons (Fsp3) is 0.200. The highest BCUT2D eigenvalue weighted by molar-refractivity contribution is 9.10. The Kier molecular flexibility index (Phi) is 3.55. The molecule has 0 radical (unpaired) electrons. The number of benzene rings is 1. The lowest BCUT2D eigenvalue weighted by atomic mass is 10.2. The van der Waals surface area contributed by atoms with Crippen LogP contribution in [0.3, 0.4) is 0 Å². The maximum Gasteiger partial charge on any atom is 0.291 e. The quantitative estimate of drug-likeness (QED) is 0.753. The molecule has 3 rings (SSSR count). The van der Waals surface area contributed by atoms with Gasteiger partial charge in [0.25, 0.3) is 5.91 Å². The summed E-state index contributed by atoms with van der Waals surface area (Å²) in [6.07, 6.45) is 0. The number of rotatable bonds is 3. The Morgan fingerprint density at radius 2 is 2.05 bits per heavy atom.